The quantitative estimate of drug-likeness (QED) is 0.818. The zero-order valence-corrected chi connectivity index (χ0v) is 14.9. The molecule has 0 aliphatic heterocycles. The van der Waals surface area contributed by atoms with Gasteiger partial charge in [0.25, 0.3) is 10.0 Å². The first-order valence-corrected chi connectivity index (χ1v) is 8.70. The van der Waals surface area contributed by atoms with E-state index in [-0.39, 0.29) is 15.5 Å². The first kappa shape index (κ1) is 18.1. The molecule has 2 aromatic rings. The molecule has 0 fully saturated rings. The Kier molecular flexibility index (Phi) is 5.36. The van der Waals surface area contributed by atoms with Crippen LogP contribution < -0.4 is 9.46 Å². The lowest BCUT2D eigenvalue weighted by Gasteiger charge is -2.13. The van der Waals surface area contributed by atoms with Gasteiger partial charge in [-0.15, -0.1) is 0 Å². The minimum Gasteiger partial charge on any atom is -0.495 e. The van der Waals surface area contributed by atoms with Crippen LogP contribution in [0.25, 0.3) is 0 Å². The maximum absolute atomic E-state index is 12.6. The van der Waals surface area contributed by atoms with Crippen molar-refractivity contribution in [2.24, 2.45) is 0 Å². The number of nitrogens with one attached hydrogen (secondary N) is 1. The van der Waals surface area contributed by atoms with Crippen LogP contribution >= 0.6 is 11.6 Å². The Morgan fingerprint density at radius 1 is 1.12 bits per heavy atom. The van der Waals surface area contributed by atoms with E-state index in [9.17, 15) is 13.2 Å². The number of carbonyl (C=O) groups is 1. The predicted molar refractivity (Wildman–Crippen MR) is 91.3 cm³/mol. The van der Waals surface area contributed by atoms with Crippen molar-refractivity contribution in [3.8, 4) is 5.75 Å². The van der Waals surface area contributed by atoms with E-state index in [1.165, 1.54) is 32.4 Å². The van der Waals surface area contributed by atoms with Gasteiger partial charge < -0.3 is 9.47 Å². The van der Waals surface area contributed by atoms with Crippen molar-refractivity contribution in [2.45, 2.75) is 11.8 Å². The largest absolute Gasteiger partial charge is 0.495 e. The molecule has 8 heteroatoms. The van der Waals surface area contributed by atoms with E-state index >= 15 is 0 Å². The van der Waals surface area contributed by atoms with Gasteiger partial charge in [0.15, 0.2) is 0 Å². The molecule has 2 rings (SSSR count). The number of rotatable bonds is 5. The van der Waals surface area contributed by atoms with Crippen LogP contribution in [0.15, 0.2) is 41.3 Å². The summed E-state index contributed by atoms with van der Waals surface area (Å²) in [4.78, 5) is 11.6. The summed E-state index contributed by atoms with van der Waals surface area (Å²) < 4.78 is 37.4. The zero-order valence-electron chi connectivity index (χ0n) is 13.3. The van der Waals surface area contributed by atoms with E-state index in [0.717, 1.165) is 5.56 Å². The molecule has 0 atom stereocenters. The molecule has 0 radical (unpaired) electrons. The molecule has 0 aliphatic carbocycles. The van der Waals surface area contributed by atoms with E-state index in [4.69, 9.17) is 16.3 Å². The Bertz CT molecular complexity index is 880. The highest BCUT2D eigenvalue weighted by atomic mass is 35.5. The fraction of sp³-hybridized carbons (Fsp3) is 0.188. The lowest BCUT2D eigenvalue weighted by molar-refractivity contribution is 0.0600. The van der Waals surface area contributed by atoms with Crippen LogP contribution in [0.4, 0.5) is 5.69 Å². The van der Waals surface area contributed by atoms with E-state index in [2.05, 4.69) is 9.46 Å². The van der Waals surface area contributed by atoms with E-state index < -0.39 is 16.0 Å². The normalized spacial score (nSPS) is 11.0. The van der Waals surface area contributed by atoms with E-state index in [1.54, 1.807) is 18.2 Å². The SMILES string of the molecule is COC(=O)c1cc(S(=O)(=O)Nc2cc(C)ccc2OC)ccc1Cl. The first-order chi connectivity index (χ1) is 11.3. The molecule has 0 unspecified atom stereocenters. The topological polar surface area (TPSA) is 81.7 Å². The minimum atomic E-state index is -3.94. The highest BCUT2D eigenvalue weighted by Gasteiger charge is 2.20. The van der Waals surface area contributed by atoms with Crippen molar-refractivity contribution in [3.05, 3.63) is 52.5 Å². The van der Waals surface area contributed by atoms with Gasteiger partial charge in [-0.2, -0.15) is 0 Å². The molecule has 0 spiro atoms. The summed E-state index contributed by atoms with van der Waals surface area (Å²) in [6.07, 6.45) is 0. The third-order valence-electron chi connectivity index (χ3n) is 3.25. The number of hydrogen-bond acceptors (Lipinski definition) is 5. The number of esters is 1. The number of halogens is 1. The monoisotopic (exact) mass is 369 g/mol. The van der Waals surface area contributed by atoms with E-state index in [1.807, 2.05) is 6.92 Å². The number of aryl methyl sites for hydroxylation is 1. The Labute approximate surface area is 145 Å². The molecule has 0 aromatic heterocycles. The second-order valence-corrected chi connectivity index (χ2v) is 7.03. The smallest absolute Gasteiger partial charge is 0.339 e. The molecule has 0 heterocycles. The Morgan fingerprint density at radius 3 is 2.46 bits per heavy atom. The molecular weight excluding hydrogens is 354 g/mol. The van der Waals surface area contributed by atoms with Crippen LogP contribution in [0.2, 0.25) is 5.02 Å². The third-order valence-corrected chi connectivity index (χ3v) is 4.95. The molecule has 24 heavy (non-hydrogen) atoms. The summed E-state index contributed by atoms with van der Waals surface area (Å²) in [5.74, 6) is -0.337. The fourth-order valence-corrected chi connectivity index (χ4v) is 3.32. The lowest BCUT2D eigenvalue weighted by Crippen LogP contribution is -2.15. The van der Waals surface area contributed by atoms with E-state index in [0.29, 0.717) is 11.4 Å². The van der Waals surface area contributed by atoms with Crippen LogP contribution in [0, 0.1) is 6.92 Å². The van der Waals surface area contributed by atoms with Gasteiger partial charge >= 0.3 is 5.97 Å². The van der Waals surface area contributed by atoms with Gasteiger partial charge in [-0.25, -0.2) is 13.2 Å². The summed E-state index contributed by atoms with van der Waals surface area (Å²) in [7, 11) is -1.31. The van der Waals surface area contributed by atoms with Crippen molar-refractivity contribution in [3.63, 3.8) is 0 Å². The maximum Gasteiger partial charge on any atom is 0.339 e. The van der Waals surface area contributed by atoms with Gasteiger partial charge in [0, 0.05) is 0 Å². The Balaban J connectivity index is 2.45. The van der Waals surface area contributed by atoms with Crippen LogP contribution in [-0.4, -0.2) is 28.6 Å². The number of ether oxygens (including phenoxy) is 2. The molecule has 0 bridgehead atoms. The molecular formula is C16H16ClNO5S. The number of benzene rings is 2. The van der Waals surface area contributed by atoms with Crippen molar-refractivity contribution < 1.29 is 22.7 Å². The second-order valence-electron chi connectivity index (χ2n) is 4.94. The summed E-state index contributed by atoms with van der Waals surface area (Å²) in [6, 6.07) is 8.91. The molecule has 0 saturated heterocycles. The molecule has 0 saturated carbocycles. The molecule has 128 valence electrons. The fourth-order valence-electron chi connectivity index (χ4n) is 2.04. The van der Waals surface area contributed by atoms with Crippen LogP contribution in [-0.2, 0) is 14.8 Å². The van der Waals surface area contributed by atoms with Crippen molar-refractivity contribution in [1.29, 1.82) is 0 Å². The zero-order chi connectivity index (χ0) is 17.9. The summed E-state index contributed by atoms with van der Waals surface area (Å²) >= 11 is 5.91. The average Bonchev–Trinajstić information content (AvgIpc) is 2.54. The summed E-state index contributed by atoms with van der Waals surface area (Å²) in [5.41, 5.74) is 1.13. The molecule has 1 N–H and O–H groups in total. The third kappa shape index (κ3) is 3.80. The van der Waals surface area contributed by atoms with Crippen LogP contribution in [0.5, 0.6) is 5.75 Å². The van der Waals surface area contributed by atoms with Crippen LogP contribution in [0.1, 0.15) is 15.9 Å². The Morgan fingerprint density at radius 2 is 1.83 bits per heavy atom. The van der Waals surface area contributed by atoms with Gasteiger partial charge in [0.05, 0.1) is 35.4 Å². The first-order valence-electron chi connectivity index (χ1n) is 6.84. The predicted octanol–water partition coefficient (Wildman–Crippen LogP) is 3.24. The number of sulfonamides is 1. The Hall–Kier alpha value is -2.25. The maximum atomic E-state index is 12.6. The molecule has 0 amide bonds. The molecule has 0 aliphatic rings. The summed E-state index contributed by atoms with van der Waals surface area (Å²) in [6.45, 7) is 1.83. The van der Waals surface area contributed by atoms with Gasteiger partial charge in [-0.1, -0.05) is 17.7 Å². The van der Waals surface area contributed by atoms with Crippen molar-refractivity contribution in [1.82, 2.24) is 0 Å². The highest BCUT2D eigenvalue weighted by Crippen LogP contribution is 2.29. The number of hydrogen-bond donors (Lipinski definition) is 1. The highest BCUT2D eigenvalue weighted by molar-refractivity contribution is 7.92. The van der Waals surface area contributed by atoms with Gasteiger partial charge in [0.2, 0.25) is 0 Å². The van der Waals surface area contributed by atoms with Crippen molar-refractivity contribution >= 4 is 33.3 Å². The number of anilines is 1. The average molecular weight is 370 g/mol. The second kappa shape index (κ2) is 7.11. The standard InChI is InChI=1S/C16H16ClNO5S/c1-10-4-7-15(22-2)14(8-10)18-24(20,21)11-5-6-13(17)12(9-11)16(19)23-3/h4-9,18H,1-3H3. The lowest BCUT2D eigenvalue weighted by atomic mass is 10.2. The number of methoxy groups -OCH3 is 2. The minimum absolute atomic E-state index is 0.0294. The number of carbonyl (C=O) groups excluding carboxylic acids is 1. The summed E-state index contributed by atoms with van der Waals surface area (Å²) in [5, 5.41) is 0.105. The van der Waals surface area contributed by atoms with Gasteiger partial charge in [-0.3, -0.25) is 4.72 Å². The molecule has 2 aromatic carbocycles. The van der Waals surface area contributed by atoms with Gasteiger partial charge in [-0.05, 0) is 42.8 Å². The van der Waals surface area contributed by atoms with Gasteiger partial charge in [0.1, 0.15) is 5.75 Å². The van der Waals surface area contributed by atoms with Crippen LogP contribution in [0.3, 0.4) is 0 Å². The molecule has 6 nitrogen and oxygen atoms in total. The van der Waals surface area contributed by atoms with Crippen molar-refractivity contribution in [2.75, 3.05) is 18.9 Å².